The van der Waals surface area contributed by atoms with Crippen molar-refractivity contribution < 1.29 is 14.4 Å². The van der Waals surface area contributed by atoms with Gasteiger partial charge >= 0.3 is 5.97 Å². The summed E-state index contributed by atoms with van der Waals surface area (Å²) in [6, 6.07) is 7.18. The minimum Gasteiger partial charge on any atom is -0.481 e. The predicted molar refractivity (Wildman–Crippen MR) is 72.5 cm³/mol. The maximum absolute atomic E-state index is 11.0. The number of nitrogens with zero attached hydrogens (tertiary/aromatic N) is 2. The zero-order valence-corrected chi connectivity index (χ0v) is 11.4. The molecule has 1 aliphatic rings. The predicted octanol–water partition coefficient (Wildman–Crippen LogP) is 3.36. The average Bonchev–Trinajstić information content (AvgIpc) is 3.08. The number of carboxylic acid groups (broad SMARTS) is 1. The lowest BCUT2D eigenvalue weighted by Gasteiger charge is -2.02. The van der Waals surface area contributed by atoms with Gasteiger partial charge in [-0.25, -0.2) is 0 Å². The van der Waals surface area contributed by atoms with Crippen LogP contribution < -0.4 is 0 Å². The number of rotatable bonds is 3. The second kappa shape index (κ2) is 5.25. The lowest BCUT2D eigenvalue weighted by atomic mass is 10.1. The molecule has 1 heterocycles. The zero-order valence-electron chi connectivity index (χ0n) is 10.6. The van der Waals surface area contributed by atoms with Crippen molar-refractivity contribution in [3.05, 3.63) is 35.2 Å². The highest BCUT2D eigenvalue weighted by Crippen LogP contribution is 2.38. The molecule has 3 rings (SSSR count). The molecule has 20 heavy (non-hydrogen) atoms. The first-order valence-corrected chi connectivity index (χ1v) is 6.83. The Kier molecular flexibility index (Phi) is 3.44. The van der Waals surface area contributed by atoms with Gasteiger partial charge in [-0.1, -0.05) is 16.8 Å². The second-order valence-corrected chi connectivity index (χ2v) is 5.44. The van der Waals surface area contributed by atoms with E-state index in [2.05, 4.69) is 10.1 Å². The van der Waals surface area contributed by atoms with E-state index >= 15 is 0 Å². The zero-order chi connectivity index (χ0) is 14.1. The van der Waals surface area contributed by atoms with Crippen LogP contribution in [0.15, 0.2) is 28.8 Å². The van der Waals surface area contributed by atoms with Crippen molar-refractivity contribution in [3.63, 3.8) is 0 Å². The fourth-order valence-corrected chi connectivity index (χ4v) is 2.67. The van der Waals surface area contributed by atoms with E-state index in [-0.39, 0.29) is 11.8 Å². The summed E-state index contributed by atoms with van der Waals surface area (Å²) in [5.74, 6) is 0.0367. The molecule has 0 radical (unpaired) electrons. The van der Waals surface area contributed by atoms with Gasteiger partial charge in [0.1, 0.15) is 0 Å². The van der Waals surface area contributed by atoms with Crippen LogP contribution in [0.5, 0.6) is 0 Å². The van der Waals surface area contributed by atoms with E-state index in [1.54, 1.807) is 12.1 Å². The summed E-state index contributed by atoms with van der Waals surface area (Å²) in [4.78, 5) is 15.3. The number of benzene rings is 1. The highest BCUT2D eigenvalue weighted by Gasteiger charge is 2.33. The van der Waals surface area contributed by atoms with Gasteiger partial charge in [0.25, 0.3) is 0 Å². The van der Waals surface area contributed by atoms with Crippen molar-refractivity contribution in [3.8, 4) is 11.4 Å². The average molecular weight is 293 g/mol. The molecule has 1 N–H and O–H groups in total. The second-order valence-electron chi connectivity index (χ2n) is 5.01. The molecule has 1 aliphatic carbocycles. The van der Waals surface area contributed by atoms with Gasteiger partial charge in [0.15, 0.2) is 0 Å². The summed E-state index contributed by atoms with van der Waals surface area (Å²) < 4.78 is 5.27. The van der Waals surface area contributed by atoms with Crippen LogP contribution in [0.4, 0.5) is 0 Å². The maximum Gasteiger partial charge on any atom is 0.306 e. The molecule has 0 spiro atoms. The Morgan fingerprint density at radius 2 is 2.05 bits per heavy atom. The highest BCUT2D eigenvalue weighted by atomic mass is 35.5. The maximum atomic E-state index is 11.0. The minimum atomic E-state index is -0.745. The molecule has 2 atom stereocenters. The van der Waals surface area contributed by atoms with Gasteiger partial charge in [0.05, 0.1) is 5.92 Å². The van der Waals surface area contributed by atoms with Crippen molar-refractivity contribution >= 4 is 17.6 Å². The van der Waals surface area contributed by atoms with Crippen molar-refractivity contribution in [1.82, 2.24) is 10.1 Å². The Labute approximate surface area is 120 Å². The number of aliphatic carboxylic acids is 1. The molecule has 0 bridgehead atoms. The summed E-state index contributed by atoms with van der Waals surface area (Å²) in [5.41, 5.74) is 0.831. The SMILES string of the molecule is O=C(O)C1CCC(c2nc(-c3ccc(Cl)cc3)no2)C1. The molecule has 104 valence electrons. The standard InChI is InChI=1S/C14H13ClN2O3/c15-11-5-3-8(4-6-11)12-16-13(20-17-12)9-1-2-10(7-9)14(18)19/h3-6,9-10H,1-2,7H2,(H,18,19). The number of carboxylic acids is 1. The normalized spacial score (nSPS) is 22.1. The number of aromatic nitrogens is 2. The summed E-state index contributed by atoms with van der Waals surface area (Å²) in [7, 11) is 0. The smallest absolute Gasteiger partial charge is 0.306 e. The number of hydrogen-bond donors (Lipinski definition) is 1. The highest BCUT2D eigenvalue weighted by molar-refractivity contribution is 6.30. The molecular formula is C14H13ClN2O3. The number of halogens is 1. The van der Waals surface area contributed by atoms with Crippen LogP contribution in [0.25, 0.3) is 11.4 Å². The van der Waals surface area contributed by atoms with Crippen molar-refractivity contribution in [2.24, 2.45) is 5.92 Å². The van der Waals surface area contributed by atoms with Crippen molar-refractivity contribution in [2.45, 2.75) is 25.2 Å². The van der Waals surface area contributed by atoms with Crippen LogP contribution in [0.2, 0.25) is 5.02 Å². The molecule has 6 heteroatoms. The molecule has 5 nitrogen and oxygen atoms in total. The Hall–Kier alpha value is -1.88. The van der Waals surface area contributed by atoms with E-state index in [1.165, 1.54) is 0 Å². The Balaban J connectivity index is 1.77. The van der Waals surface area contributed by atoms with E-state index in [1.807, 2.05) is 12.1 Å². The first-order chi connectivity index (χ1) is 9.63. The summed E-state index contributed by atoms with van der Waals surface area (Å²) in [5, 5.41) is 13.6. The van der Waals surface area contributed by atoms with Gasteiger partial charge in [0, 0.05) is 16.5 Å². The van der Waals surface area contributed by atoms with Crippen LogP contribution in [-0.4, -0.2) is 21.2 Å². The fourth-order valence-electron chi connectivity index (χ4n) is 2.55. The van der Waals surface area contributed by atoms with Gasteiger partial charge < -0.3 is 9.63 Å². The molecule has 1 saturated carbocycles. The van der Waals surface area contributed by atoms with Gasteiger partial charge in [-0.2, -0.15) is 4.98 Å². The minimum absolute atomic E-state index is 0.0460. The molecule has 0 amide bonds. The van der Waals surface area contributed by atoms with Crippen LogP contribution in [0.1, 0.15) is 31.1 Å². The Morgan fingerprint density at radius 1 is 1.30 bits per heavy atom. The molecule has 2 unspecified atom stereocenters. The molecule has 1 aromatic carbocycles. The third-order valence-electron chi connectivity index (χ3n) is 3.68. The lowest BCUT2D eigenvalue weighted by Crippen LogP contribution is -2.09. The summed E-state index contributed by atoms with van der Waals surface area (Å²) in [6.45, 7) is 0. The Bertz CT molecular complexity index is 624. The summed E-state index contributed by atoms with van der Waals surface area (Å²) >= 11 is 5.83. The topological polar surface area (TPSA) is 76.2 Å². The van der Waals surface area contributed by atoms with Gasteiger partial charge in [-0.3, -0.25) is 4.79 Å². The number of carbonyl (C=O) groups is 1. The molecule has 0 saturated heterocycles. The van der Waals surface area contributed by atoms with E-state index in [0.717, 1.165) is 12.0 Å². The fraction of sp³-hybridized carbons (Fsp3) is 0.357. The van der Waals surface area contributed by atoms with Gasteiger partial charge in [0.2, 0.25) is 11.7 Å². The third kappa shape index (κ3) is 2.54. The largest absolute Gasteiger partial charge is 0.481 e. The van der Waals surface area contributed by atoms with Gasteiger partial charge in [-0.15, -0.1) is 0 Å². The monoisotopic (exact) mass is 292 g/mol. The molecule has 0 aliphatic heterocycles. The Morgan fingerprint density at radius 3 is 2.70 bits per heavy atom. The van der Waals surface area contributed by atoms with E-state index in [4.69, 9.17) is 21.2 Å². The molecule has 2 aromatic rings. The first kappa shape index (κ1) is 13.1. The molecule has 1 fully saturated rings. The quantitative estimate of drug-likeness (QED) is 0.938. The van der Waals surface area contributed by atoms with E-state index in [9.17, 15) is 4.79 Å². The van der Waals surface area contributed by atoms with E-state index < -0.39 is 5.97 Å². The van der Waals surface area contributed by atoms with Crippen LogP contribution in [-0.2, 0) is 4.79 Å². The molecular weight excluding hydrogens is 280 g/mol. The third-order valence-corrected chi connectivity index (χ3v) is 3.93. The van der Waals surface area contributed by atoms with Crippen LogP contribution in [0.3, 0.4) is 0 Å². The van der Waals surface area contributed by atoms with Crippen LogP contribution in [0, 0.1) is 5.92 Å². The van der Waals surface area contributed by atoms with Crippen molar-refractivity contribution in [2.75, 3.05) is 0 Å². The van der Waals surface area contributed by atoms with Gasteiger partial charge in [-0.05, 0) is 43.5 Å². The van der Waals surface area contributed by atoms with Crippen molar-refractivity contribution in [1.29, 1.82) is 0 Å². The summed E-state index contributed by atoms with van der Waals surface area (Å²) in [6.07, 6.45) is 2.01. The number of hydrogen-bond acceptors (Lipinski definition) is 4. The molecule has 1 aromatic heterocycles. The lowest BCUT2D eigenvalue weighted by molar-refractivity contribution is -0.141. The first-order valence-electron chi connectivity index (χ1n) is 6.46. The van der Waals surface area contributed by atoms with E-state index in [0.29, 0.717) is 29.6 Å². The van der Waals surface area contributed by atoms with Crippen LogP contribution >= 0.6 is 11.6 Å².